The molecular weight excluding hydrogens is 266 g/mol. The molecule has 1 aliphatic rings. The van der Waals surface area contributed by atoms with Gasteiger partial charge in [0.2, 0.25) is 0 Å². The fourth-order valence-corrected chi connectivity index (χ4v) is 2.81. The van der Waals surface area contributed by atoms with Gasteiger partial charge in [-0.3, -0.25) is 0 Å². The molecule has 110 valence electrons. The van der Waals surface area contributed by atoms with Crippen LogP contribution in [0.3, 0.4) is 0 Å². The van der Waals surface area contributed by atoms with E-state index in [-0.39, 0.29) is 0 Å². The minimum atomic E-state index is 0.568. The van der Waals surface area contributed by atoms with Crippen molar-refractivity contribution < 1.29 is 0 Å². The molecule has 0 spiro atoms. The van der Waals surface area contributed by atoms with E-state index in [2.05, 4.69) is 91.2 Å². The van der Waals surface area contributed by atoms with Crippen LogP contribution in [0.25, 0.3) is 6.08 Å². The van der Waals surface area contributed by atoms with E-state index in [1.54, 1.807) is 0 Å². The molecule has 2 aromatic carbocycles. The molecule has 1 aliphatic carbocycles. The number of benzene rings is 2. The van der Waals surface area contributed by atoms with E-state index in [4.69, 9.17) is 0 Å². The Labute approximate surface area is 132 Å². The molecule has 0 aliphatic heterocycles. The number of para-hydroxylation sites is 1. The van der Waals surface area contributed by atoms with Crippen LogP contribution in [0.15, 0.2) is 85.1 Å². The molecule has 0 amide bonds. The molecule has 1 nitrogen and oxygen atoms in total. The van der Waals surface area contributed by atoms with Crippen molar-refractivity contribution in [1.29, 1.82) is 0 Å². The van der Waals surface area contributed by atoms with Gasteiger partial charge in [-0.1, -0.05) is 62.1 Å². The zero-order valence-corrected chi connectivity index (χ0v) is 12.9. The van der Waals surface area contributed by atoms with Crippen molar-refractivity contribution in [2.24, 2.45) is 5.92 Å². The summed E-state index contributed by atoms with van der Waals surface area (Å²) in [6.07, 6.45) is 9.56. The Bertz CT molecular complexity index is 692. The lowest BCUT2D eigenvalue weighted by Gasteiger charge is -2.30. The second-order valence-electron chi connectivity index (χ2n) is 5.69. The van der Waals surface area contributed by atoms with Crippen LogP contribution in [0, 0.1) is 5.92 Å². The summed E-state index contributed by atoms with van der Waals surface area (Å²) >= 11 is 0. The van der Waals surface area contributed by atoms with Crippen LogP contribution in [-0.4, -0.2) is 0 Å². The first-order valence-corrected chi connectivity index (χ1v) is 7.73. The highest BCUT2D eigenvalue weighted by molar-refractivity contribution is 5.70. The van der Waals surface area contributed by atoms with E-state index in [9.17, 15) is 0 Å². The molecule has 0 N–H and O–H groups in total. The number of allylic oxidation sites excluding steroid dienone is 4. The van der Waals surface area contributed by atoms with Crippen molar-refractivity contribution >= 4 is 17.5 Å². The summed E-state index contributed by atoms with van der Waals surface area (Å²) in [7, 11) is 0. The van der Waals surface area contributed by atoms with Gasteiger partial charge in [0.25, 0.3) is 0 Å². The van der Waals surface area contributed by atoms with Crippen molar-refractivity contribution in [2.45, 2.75) is 13.3 Å². The topological polar surface area (TPSA) is 3.24 Å². The Morgan fingerprint density at radius 3 is 2.32 bits per heavy atom. The molecule has 0 saturated carbocycles. The molecule has 0 aromatic heterocycles. The third-order valence-corrected chi connectivity index (χ3v) is 3.95. The number of rotatable bonds is 4. The Morgan fingerprint density at radius 2 is 1.68 bits per heavy atom. The van der Waals surface area contributed by atoms with E-state index in [0.717, 1.165) is 12.0 Å². The second kappa shape index (κ2) is 6.48. The van der Waals surface area contributed by atoms with Crippen LogP contribution in [0.4, 0.5) is 11.4 Å². The van der Waals surface area contributed by atoms with Gasteiger partial charge in [0.05, 0.1) is 0 Å². The van der Waals surface area contributed by atoms with Gasteiger partial charge in [-0.25, -0.2) is 0 Å². The monoisotopic (exact) mass is 287 g/mol. The van der Waals surface area contributed by atoms with Crippen LogP contribution < -0.4 is 4.90 Å². The van der Waals surface area contributed by atoms with Gasteiger partial charge in [0.15, 0.2) is 0 Å². The maximum Gasteiger partial charge on any atom is 0.0458 e. The normalized spacial score (nSPS) is 17.0. The van der Waals surface area contributed by atoms with E-state index < -0.39 is 0 Å². The van der Waals surface area contributed by atoms with Gasteiger partial charge >= 0.3 is 0 Å². The van der Waals surface area contributed by atoms with Crippen LogP contribution >= 0.6 is 0 Å². The number of hydrogen-bond donors (Lipinski definition) is 0. The van der Waals surface area contributed by atoms with Gasteiger partial charge in [0.1, 0.15) is 0 Å². The molecule has 1 atom stereocenters. The second-order valence-corrected chi connectivity index (χ2v) is 5.69. The van der Waals surface area contributed by atoms with Crippen LogP contribution in [-0.2, 0) is 0 Å². The summed E-state index contributed by atoms with van der Waals surface area (Å²) in [6, 6.07) is 19.1. The lowest BCUT2D eigenvalue weighted by atomic mass is 9.98. The summed E-state index contributed by atoms with van der Waals surface area (Å²) in [5.74, 6) is 0.568. The summed E-state index contributed by atoms with van der Waals surface area (Å²) in [6.45, 7) is 6.09. The Kier molecular flexibility index (Phi) is 4.24. The molecule has 1 unspecified atom stereocenters. The van der Waals surface area contributed by atoms with E-state index in [1.807, 2.05) is 6.08 Å². The van der Waals surface area contributed by atoms with Crippen LogP contribution in [0.2, 0.25) is 0 Å². The smallest absolute Gasteiger partial charge is 0.0458 e. The minimum absolute atomic E-state index is 0.568. The molecule has 2 aromatic rings. The van der Waals surface area contributed by atoms with E-state index in [1.165, 1.54) is 17.1 Å². The van der Waals surface area contributed by atoms with Crippen molar-refractivity contribution in [3.63, 3.8) is 0 Å². The zero-order valence-electron chi connectivity index (χ0n) is 12.9. The first-order valence-electron chi connectivity index (χ1n) is 7.73. The number of nitrogens with zero attached hydrogens (tertiary/aromatic N) is 1. The highest BCUT2D eigenvalue weighted by atomic mass is 15.1. The van der Waals surface area contributed by atoms with Crippen molar-refractivity contribution in [3.05, 3.63) is 90.7 Å². The molecule has 1 heteroatoms. The van der Waals surface area contributed by atoms with Crippen LogP contribution in [0.1, 0.15) is 18.9 Å². The molecule has 3 rings (SSSR count). The highest BCUT2D eigenvalue weighted by Gasteiger charge is 2.17. The summed E-state index contributed by atoms with van der Waals surface area (Å²) in [4.78, 5) is 2.34. The lowest BCUT2D eigenvalue weighted by molar-refractivity contribution is 0.696. The lowest BCUT2D eigenvalue weighted by Crippen LogP contribution is -2.19. The molecule has 0 saturated heterocycles. The summed E-state index contributed by atoms with van der Waals surface area (Å²) < 4.78 is 0. The zero-order chi connectivity index (χ0) is 15.4. The third-order valence-electron chi connectivity index (χ3n) is 3.95. The predicted octanol–water partition coefficient (Wildman–Crippen LogP) is 5.95. The maximum atomic E-state index is 3.83. The Morgan fingerprint density at radius 1 is 1.00 bits per heavy atom. The standard InChI is InChI=1S/C21H21N/c1-3-18-12-14-20(15-13-18)22(19-9-5-4-6-10-19)21-11-7-8-17(2)16-21/h3-15,17H,1,16H2,2H3. The molecule has 22 heavy (non-hydrogen) atoms. The predicted molar refractivity (Wildman–Crippen MR) is 96.1 cm³/mol. The van der Waals surface area contributed by atoms with Gasteiger partial charge in [-0.05, 0) is 48.2 Å². The maximum absolute atomic E-state index is 3.83. The summed E-state index contributed by atoms with van der Waals surface area (Å²) in [5, 5.41) is 0. The number of hydrogen-bond acceptors (Lipinski definition) is 1. The van der Waals surface area contributed by atoms with Crippen molar-refractivity contribution in [2.75, 3.05) is 4.90 Å². The van der Waals surface area contributed by atoms with Crippen molar-refractivity contribution in [3.8, 4) is 0 Å². The summed E-state index contributed by atoms with van der Waals surface area (Å²) in [5.41, 5.74) is 4.85. The SMILES string of the molecule is C=Cc1ccc(N(C2=CC=CC(C)C2)c2ccccc2)cc1. The Hall–Kier alpha value is -2.54. The van der Waals surface area contributed by atoms with Gasteiger partial charge in [0, 0.05) is 17.1 Å². The minimum Gasteiger partial charge on any atom is -0.314 e. The largest absolute Gasteiger partial charge is 0.314 e. The fraction of sp³-hybridized carbons (Fsp3) is 0.143. The first kappa shape index (κ1) is 14.4. The Balaban J connectivity index is 2.04. The van der Waals surface area contributed by atoms with Gasteiger partial charge in [-0.2, -0.15) is 0 Å². The molecule has 0 fully saturated rings. The first-order chi connectivity index (χ1) is 10.8. The van der Waals surface area contributed by atoms with Gasteiger partial charge < -0.3 is 4.90 Å². The van der Waals surface area contributed by atoms with Crippen LogP contribution in [0.5, 0.6) is 0 Å². The van der Waals surface area contributed by atoms with Gasteiger partial charge in [-0.15, -0.1) is 0 Å². The quantitative estimate of drug-likeness (QED) is 0.672. The average Bonchev–Trinajstić information content (AvgIpc) is 2.57. The number of anilines is 2. The molecule has 0 bridgehead atoms. The van der Waals surface area contributed by atoms with E-state index in [0.29, 0.717) is 5.92 Å². The molecular formula is C21H21N. The van der Waals surface area contributed by atoms with Crippen molar-refractivity contribution in [1.82, 2.24) is 0 Å². The highest BCUT2D eigenvalue weighted by Crippen LogP contribution is 2.34. The molecule has 0 radical (unpaired) electrons. The van der Waals surface area contributed by atoms with E-state index >= 15 is 0 Å². The molecule has 0 heterocycles. The fourth-order valence-electron chi connectivity index (χ4n) is 2.81. The third kappa shape index (κ3) is 3.04. The average molecular weight is 287 g/mol.